The average Bonchev–Trinajstić information content (AvgIpc) is 2.58. The molecule has 1 fully saturated rings. The van der Waals surface area contributed by atoms with Crippen molar-refractivity contribution in [3.05, 3.63) is 0 Å². The van der Waals surface area contributed by atoms with Crippen LogP contribution in [0, 0.1) is 24.7 Å². The summed E-state index contributed by atoms with van der Waals surface area (Å²) in [5.74, 6) is 5.09. The van der Waals surface area contributed by atoms with Crippen molar-refractivity contribution in [3.8, 4) is 24.7 Å². The molecule has 0 aromatic heterocycles. The smallest absolute Gasteiger partial charge is 0.170 e. The van der Waals surface area contributed by atoms with E-state index >= 15 is 0 Å². The Labute approximate surface area is 79.0 Å². The summed E-state index contributed by atoms with van der Waals surface area (Å²) in [4.78, 5) is 1.94. The number of nitrogens with zero attached hydrogens (tertiary/aromatic N) is 1. The van der Waals surface area contributed by atoms with Gasteiger partial charge < -0.3 is 9.47 Å². The third kappa shape index (κ3) is 3.48. The van der Waals surface area contributed by atoms with Crippen LogP contribution in [0.5, 0.6) is 0 Å². The van der Waals surface area contributed by atoms with E-state index in [0.29, 0.717) is 32.8 Å². The molecule has 0 bridgehead atoms. The molecule has 0 spiro atoms. The molecule has 0 atom stereocenters. The zero-order chi connectivity index (χ0) is 9.52. The topological polar surface area (TPSA) is 21.7 Å². The van der Waals surface area contributed by atoms with E-state index in [1.165, 1.54) is 0 Å². The number of ether oxygens (including phenoxy) is 2. The van der Waals surface area contributed by atoms with Gasteiger partial charge in [0.2, 0.25) is 0 Å². The van der Waals surface area contributed by atoms with Crippen LogP contribution in [0.25, 0.3) is 0 Å². The van der Waals surface area contributed by atoms with Crippen LogP contribution in [-0.4, -0.2) is 44.0 Å². The maximum atomic E-state index is 5.28. The summed E-state index contributed by atoms with van der Waals surface area (Å²) >= 11 is 0. The van der Waals surface area contributed by atoms with Gasteiger partial charge in [0.1, 0.15) is 0 Å². The summed E-state index contributed by atoms with van der Waals surface area (Å²) < 4.78 is 10.6. The normalized spacial score (nSPS) is 17.2. The van der Waals surface area contributed by atoms with E-state index in [9.17, 15) is 0 Å². The molecule has 1 saturated heterocycles. The van der Waals surface area contributed by atoms with E-state index in [-0.39, 0.29) is 6.29 Å². The summed E-state index contributed by atoms with van der Waals surface area (Å²) in [6, 6.07) is 0. The monoisotopic (exact) mass is 179 g/mol. The van der Waals surface area contributed by atoms with Gasteiger partial charge >= 0.3 is 0 Å². The molecule has 0 unspecified atom stereocenters. The molecular weight excluding hydrogens is 166 g/mol. The zero-order valence-corrected chi connectivity index (χ0v) is 7.53. The molecule has 0 aromatic carbocycles. The van der Waals surface area contributed by atoms with Crippen molar-refractivity contribution in [1.29, 1.82) is 0 Å². The van der Waals surface area contributed by atoms with Crippen LogP contribution >= 0.6 is 0 Å². The van der Waals surface area contributed by atoms with Gasteiger partial charge in [0.15, 0.2) is 6.29 Å². The molecule has 1 heterocycles. The number of terminal acetylenes is 2. The number of hydrogen-bond donors (Lipinski definition) is 0. The first-order valence-electron chi connectivity index (χ1n) is 4.19. The lowest BCUT2D eigenvalue weighted by Gasteiger charge is -2.19. The van der Waals surface area contributed by atoms with E-state index in [0.717, 1.165) is 0 Å². The predicted molar refractivity (Wildman–Crippen MR) is 49.8 cm³/mol. The summed E-state index contributed by atoms with van der Waals surface area (Å²) in [7, 11) is 0. The first-order chi connectivity index (χ1) is 6.36. The van der Waals surface area contributed by atoms with E-state index in [2.05, 4.69) is 11.8 Å². The Morgan fingerprint density at radius 3 is 2.15 bits per heavy atom. The highest BCUT2D eigenvalue weighted by Crippen LogP contribution is 2.05. The van der Waals surface area contributed by atoms with Crippen molar-refractivity contribution in [2.75, 3.05) is 32.8 Å². The predicted octanol–water partition coefficient (Wildman–Crippen LogP) is -0.0723. The summed E-state index contributed by atoms with van der Waals surface area (Å²) in [6.07, 6.45) is 10.2. The van der Waals surface area contributed by atoms with Gasteiger partial charge in [0, 0.05) is 0 Å². The second-order valence-corrected chi connectivity index (χ2v) is 2.75. The Balaban J connectivity index is 2.29. The van der Waals surface area contributed by atoms with Gasteiger partial charge in [-0.15, -0.1) is 12.8 Å². The first kappa shape index (κ1) is 10.1. The molecular formula is C10H13NO2. The van der Waals surface area contributed by atoms with Gasteiger partial charge in [-0.3, -0.25) is 4.90 Å². The van der Waals surface area contributed by atoms with Crippen molar-refractivity contribution in [3.63, 3.8) is 0 Å². The highest BCUT2D eigenvalue weighted by atomic mass is 16.7. The lowest BCUT2D eigenvalue weighted by Crippen LogP contribution is -2.33. The third-order valence-electron chi connectivity index (χ3n) is 1.73. The zero-order valence-electron chi connectivity index (χ0n) is 7.53. The van der Waals surface area contributed by atoms with Crippen LogP contribution in [-0.2, 0) is 9.47 Å². The molecule has 3 nitrogen and oxygen atoms in total. The lowest BCUT2D eigenvalue weighted by atomic mass is 10.4. The summed E-state index contributed by atoms with van der Waals surface area (Å²) in [5, 5.41) is 0. The maximum Gasteiger partial charge on any atom is 0.170 e. The van der Waals surface area contributed by atoms with Crippen LogP contribution in [0.3, 0.4) is 0 Å². The number of rotatable bonds is 4. The molecule has 0 aromatic rings. The van der Waals surface area contributed by atoms with Crippen LogP contribution < -0.4 is 0 Å². The highest BCUT2D eigenvalue weighted by molar-refractivity contribution is 4.94. The van der Waals surface area contributed by atoms with Crippen LogP contribution in [0.2, 0.25) is 0 Å². The van der Waals surface area contributed by atoms with Gasteiger partial charge in [-0.05, 0) is 0 Å². The largest absolute Gasteiger partial charge is 0.349 e. The van der Waals surface area contributed by atoms with Gasteiger partial charge in [-0.2, -0.15) is 0 Å². The Morgan fingerprint density at radius 2 is 1.69 bits per heavy atom. The molecule has 70 valence electrons. The Kier molecular flexibility index (Phi) is 4.35. The molecule has 0 N–H and O–H groups in total. The fourth-order valence-electron chi connectivity index (χ4n) is 1.17. The standard InChI is InChI=1S/C10H13NO2/c1-3-5-11(6-4-2)9-10-12-7-8-13-10/h1-2,10H,5-9H2. The van der Waals surface area contributed by atoms with Gasteiger partial charge in [0.25, 0.3) is 0 Å². The summed E-state index contributed by atoms with van der Waals surface area (Å²) in [5.41, 5.74) is 0. The lowest BCUT2D eigenvalue weighted by molar-refractivity contribution is -0.0581. The van der Waals surface area contributed by atoms with Crippen molar-refractivity contribution in [1.82, 2.24) is 4.90 Å². The van der Waals surface area contributed by atoms with Gasteiger partial charge in [-0.25, -0.2) is 0 Å². The summed E-state index contributed by atoms with van der Waals surface area (Å²) in [6.45, 7) is 3.03. The second-order valence-electron chi connectivity index (χ2n) is 2.75. The average molecular weight is 179 g/mol. The molecule has 0 radical (unpaired) electrons. The van der Waals surface area contributed by atoms with Crippen molar-refractivity contribution in [2.24, 2.45) is 0 Å². The first-order valence-corrected chi connectivity index (χ1v) is 4.19. The Bertz CT molecular complexity index is 204. The quantitative estimate of drug-likeness (QED) is 0.564. The van der Waals surface area contributed by atoms with E-state index in [1.54, 1.807) is 0 Å². The molecule has 1 aliphatic heterocycles. The van der Waals surface area contributed by atoms with E-state index in [1.807, 2.05) is 4.90 Å². The minimum atomic E-state index is -0.165. The van der Waals surface area contributed by atoms with Crippen LogP contribution in [0.4, 0.5) is 0 Å². The van der Waals surface area contributed by atoms with Crippen LogP contribution in [0.15, 0.2) is 0 Å². The third-order valence-corrected chi connectivity index (χ3v) is 1.73. The molecule has 13 heavy (non-hydrogen) atoms. The highest BCUT2D eigenvalue weighted by Gasteiger charge is 2.18. The SMILES string of the molecule is C#CCN(CC#C)CC1OCCO1. The maximum absolute atomic E-state index is 5.28. The second kappa shape index (κ2) is 5.61. The molecule has 0 saturated carbocycles. The Morgan fingerprint density at radius 1 is 1.15 bits per heavy atom. The fourth-order valence-corrected chi connectivity index (χ4v) is 1.17. The molecule has 0 aliphatic carbocycles. The minimum Gasteiger partial charge on any atom is -0.349 e. The van der Waals surface area contributed by atoms with Crippen molar-refractivity contribution < 1.29 is 9.47 Å². The van der Waals surface area contributed by atoms with Gasteiger partial charge in [0.05, 0.1) is 32.8 Å². The molecule has 0 amide bonds. The Hall–Kier alpha value is -1.00. The van der Waals surface area contributed by atoms with Gasteiger partial charge in [-0.1, -0.05) is 11.8 Å². The molecule has 1 rings (SSSR count). The van der Waals surface area contributed by atoms with Crippen molar-refractivity contribution >= 4 is 0 Å². The van der Waals surface area contributed by atoms with Crippen molar-refractivity contribution in [2.45, 2.75) is 6.29 Å². The fraction of sp³-hybridized carbons (Fsp3) is 0.600. The minimum absolute atomic E-state index is 0.165. The number of hydrogen-bond acceptors (Lipinski definition) is 3. The van der Waals surface area contributed by atoms with E-state index in [4.69, 9.17) is 22.3 Å². The van der Waals surface area contributed by atoms with E-state index < -0.39 is 0 Å². The molecule has 1 aliphatic rings. The van der Waals surface area contributed by atoms with Crippen LogP contribution in [0.1, 0.15) is 0 Å². The molecule has 3 heteroatoms.